The SMILES string of the molecule is CCCC(=O)O[C@@H]1C=C[C@H](NC(=O)OCc2ccccc2)C1. The third kappa shape index (κ3) is 5.24. The van der Waals surface area contributed by atoms with Crippen molar-refractivity contribution in [3.63, 3.8) is 0 Å². The molecular weight excluding hydrogens is 282 g/mol. The van der Waals surface area contributed by atoms with E-state index in [0.29, 0.717) is 12.8 Å². The van der Waals surface area contributed by atoms with E-state index in [1.807, 2.05) is 43.3 Å². The van der Waals surface area contributed by atoms with Gasteiger partial charge in [0.2, 0.25) is 0 Å². The molecule has 1 aliphatic carbocycles. The number of amides is 1. The lowest BCUT2D eigenvalue weighted by Gasteiger charge is -2.14. The lowest BCUT2D eigenvalue weighted by Crippen LogP contribution is -2.34. The number of carbonyl (C=O) groups excluding carboxylic acids is 2. The molecule has 5 heteroatoms. The highest BCUT2D eigenvalue weighted by Crippen LogP contribution is 2.15. The van der Waals surface area contributed by atoms with Gasteiger partial charge in [-0.05, 0) is 18.1 Å². The molecule has 1 aromatic rings. The second kappa shape index (κ2) is 8.22. The monoisotopic (exact) mass is 303 g/mol. The first-order valence-corrected chi connectivity index (χ1v) is 7.52. The van der Waals surface area contributed by atoms with E-state index in [-0.39, 0.29) is 24.7 Å². The fourth-order valence-corrected chi connectivity index (χ4v) is 2.21. The molecular formula is C17H21NO4. The summed E-state index contributed by atoms with van der Waals surface area (Å²) in [5, 5.41) is 2.75. The van der Waals surface area contributed by atoms with Crippen LogP contribution in [0.1, 0.15) is 31.7 Å². The van der Waals surface area contributed by atoms with E-state index in [4.69, 9.17) is 9.47 Å². The van der Waals surface area contributed by atoms with Gasteiger partial charge in [-0.2, -0.15) is 0 Å². The molecule has 0 bridgehead atoms. The number of nitrogens with one attached hydrogen (secondary N) is 1. The van der Waals surface area contributed by atoms with E-state index in [2.05, 4.69) is 5.32 Å². The number of esters is 1. The second-order valence-electron chi connectivity index (χ2n) is 5.21. The molecule has 0 unspecified atom stereocenters. The van der Waals surface area contributed by atoms with E-state index >= 15 is 0 Å². The molecule has 1 N–H and O–H groups in total. The Bertz CT molecular complexity index is 527. The number of hydrogen-bond donors (Lipinski definition) is 1. The molecule has 5 nitrogen and oxygen atoms in total. The zero-order valence-corrected chi connectivity index (χ0v) is 12.7. The van der Waals surface area contributed by atoms with Crippen molar-refractivity contribution in [2.75, 3.05) is 0 Å². The van der Waals surface area contributed by atoms with Crippen molar-refractivity contribution >= 4 is 12.1 Å². The van der Waals surface area contributed by atoms with Crippen LogP contribution in [-0.4, -0.2) is 24.2 Å². The highest BCUT2D eigenvalue weighted by Gasteiger charge is 2.23. The van der Waals surface area contributed by atoms with Crippen LogP contribution in [0.2, 0.25) is 0 Å². The Hall–Kier alpha value is -2.30. The average Bonchev–Trinajstić information content (AvgIpc) is 2.93. The summed E-state index contributed by atoms with van der Waals surface area (Å²) in [6.07, 6.45) is 4.63. The Morgan fingerprint density at radius 2 is 2.00 bits per heavy atom. The van der Waals surface area contributed by atoms with Crippen molar-refractivity contribution in [1.82, 2.24) is 5.32 Å². The van der Waals surface area contributed by atoms with Crippen LogP contribution in [0.4, 0.5) is 4.79 Å². The summed E-state index contributed by atoms with van der Waals surface area (Å²) in [6, 6.07) is 9.32. The molecule has 0 heterocycles. The lowest BCUT2D eigenvalue weighted by molar-refractivity contribution is -0.146. The smallest absolute Gasteiger partial charge is 0.407 e. The zero-order valence-electron chi connectivity index (χ0n) is 12.7. The molecule has 1 amide bonds. The third-order valence-corrected chi connectivity index (χ3v) is 3.30. The minimum absolute atomic E-state index is 0.164. The van der Waals surface area contributed by atoms with Crippen LogP contribution in [0.25, 0.3) is 0 Å². The number of benzene rings is 1. The third-order valence-electron chi connectivity index (χ3n) is 3.30. The Morgan fingerprint density at radius 1 is 1.23 bits per heavy atom. The van der Waals surface area contributed by atoms with Crippen molar-refractivity contribution in [3.8, 4) is 0 Å². The normalized spacial score (nSPS) is 19.7. The maximum atomic E-state index is 11.7. The van der Waals surface area contributed by atoms with Gasteiger partial charge < -0.3 is 14.8 Å². The summed E-state index contributed by atoms with van der Waals surface area (Å²) in [4.78, 5) is 23.1. The first kappa shape index (κ1) is 16.1. The molecule has 0 saturated heterocycles. The van der Waals surface area contributed by atoms with E-state index < -0.39 is 6.09 Å². The zero-order chi connectivity index (χ0) is 15.8. The van der Waals surface area contributed by atoms with Gasteiger partial charge >= 0.3 is 12.1 Å². The molecule has 2 atom stereocenters. The molecule has 0 spiro atoms. The number of ether oxygens (including phenoxy) is 2. The molecule has 0 saturated carbocycles. The van der Waals surface area contributed by atoms with Gasteiger partial charge in [0, 0.05) is 12.8 Å². The van der Waals surface area contributed by atoms with Crippen molar-refractivity contribution in [2.24, 2.45) is 0 Å². The van der Waals surface area contributed by atoms with E-state index in [1.54, 1.807) is 6.08 Å². The first-order valence-electron chi connectivity index (χ1n) is 7.52. The van der Waals surface area contributed by atoms with Gasteiger partial charge in [0.05, 0.1) is 6.04 Å². The molecule has 22 heavy (non-hydrogen) atoms. The van der Waals surface area contributed by atoms with E-state index in [0.717, 1.165) is 12.0 Å². The maximum Gasteiger partial charge on any atom is 0.407 e. The standard InChI is InChI=1S/C17H21NO4/c1-2-6-16(19)22-15-10-9-14(11-15)18-17(20)21-12-13-7-4-3-5-8-13/h3-5,7-10,14-15H,2,6,11-12H2,1H3,(H,18,20)/t14-,15+/m0/s1. The Morgan fingerprint density at radius 3 is 2.73 bits per heavy atom. The van der Waals surface area contributed by atoms with Crippen molar-refractivity contribution in [3.05, 3.63) is 48.0 Å². The summed E-state index contributed by atoms with van der Waals surface area (Å²) in [7, 11) is 0. The predicted octanol–water partition coefficient (Wildman–Crippen LogP) is 2.95. The predicted molar refractivity (Wildman–Crippen MR) is 82.1 cm³/mol. The molecule has 0 aromatic heterocycles. The molecule has 0 fully saturated rings. The van der Waals surface area contributed by atoms with Gasteiger partial charge in [0.1, 0.15) is 12.7 Å². The van der Waals surface area contributed by atoms with Gasteiger partial charge in [-0.25, -0.2) is 4.79 Å². The molecule has 2 rings (SSSR count). The van der Waals surface area contributed by atoms with Crippen molar-refractivity contribution in [2.45, 2.75) is 44.9 Å². The Balaban J connectivity index is 1.68. The molecule has 0 aliphatic heterocycles. The Kier molecular flexibility index (Phi) is 6.01. The fraction of sp³-hybridized carbons (Fsp3) is 0.412. The largest absolute Gasteiger partial charge is 0.458 e. The minimum Gasteiger partial charge on any atom is -0.458 e. The summed E-state index contributed by atoms with van der Waals surface area (Å²) in [5.74, 6) is -0.204. The van der Waals surface area contributed by atoms with Crippen LogP contribution < -0.4 is 5.32 Å². The van der Waals surface area contributed by atoms with Gasteiger partial charge in [0.15, 0.2) is 0 Å². The summed E-state index contributed by atoms with van der Waals surface area (Å²) in [5.41, 5.74) is 0.936. The van der Waals surface area contributed by atoms with Gasteiger partial charge in [-0.15, -0.1) is 0 Å². The van der Waals surface area contributed by atoms with Gasteiger partial charge in [-0.3, -0.25) is 4.79 Å². The average molecular weight is 303 g/mol. The van der Waals surface area contributed by atoms with Crippen LogP contribution >= 0.6 is 0 Å². The molecule has 1 aliphatic rings. The van der Waals surface area contributed by atoms with E-state index in [9.17, 15) is 9.59 Å². The van der Waals surface area contributed by atoms with Crippen LogP contribution in [0, 0.1) is 0 Å². The number of rotatable bonds is 6. The quantitative estimate of drug-likeness (QED) is 0.648. The van der Waals surface area contributed by atoms with Gasteiger partial charge in [0.25, 0.3) is 0 Å². The molecule has 1 aromatic carbocycles. The van der Waals surface area contributed by atoms with Crippen LogP contribution in [-0.2, 0) is 20.9 Å². The molecule has 0 radical (unpaired) electrons. The van der Waals surface area contributed by atoms with Gasteiger partial charge in [-0.1, -0.05) is 43.3 Å². The first-order chi connectivity index (χ1) is 10.7. The number of hydrogen-bond acceptors (Lipinski definition) is 4. The topological polar surface area (TPSA) is 64.6 Å². The van der Waals surface area contributed by atoms with E-state index in [1.165, 1.54) is 0 Å². The number of carbonyl (C=O) groups is 2. The minimum atomic E-state index is -0.473. The van der Waals surface area contributed by atoms with Crippen LogP contribution in [0.15, 0.2) is 42.5 Å². The second-order valence-corrected chi connectivity index (χ2v) is 5.21. The molecule has 118 valence electrons. The van der Waals surface area contributed by atoms with Crippen molar-refractivity contribution in [1.29, 1.82) is 0 Å². The highest BCUT2D eigenvalue weighted by molar-refractivity contribution is 5.70. The maximum absolute atomic E-state index is 11.7. The summed E-state index contributed by atoms with van der Waals surface area (Å²) < 4.78 is 10.4. The van der Waals surface area contributed by atoms with Crippen LogP contribution in [0.3, 0.4) is 0 Å². The lowest BCUT2D eigenvalue weighted by atomic mass is 10.2. The summed E-state index contributed by atoms with van der Waals surface area (Å²) >= 11 is 0. The van der Waals surface area contributed by atoms with Crippen molar-refractivity contribution < 1.29 is 19.1 Å². The Labute approximate surface area is 130 Å². The highest BCUT2D eigenvalue weighted by atomic mass is 16.6. The summed E-state index contributed by atoms with van der Waals surface area (Å²) in [6.45, 7) is 2.16. The van der Waals surface area contributed by atoms with Crippen LogP contribution in [0.5, 0.6) is 0 Å². The number of alkyl carbamates (subject to hydrolysis) is 1. The fourth-order valence-electron chi connectivity index (χ4n) is 2.21.